The molecule has 1 aliphatic rings. The predicted octanol–water partition coefficient (Wildman–Crippen LogP) is 26.2. The lowest BCUT2D eigenvalue weighted by Crippen LogP contribution is -2.00. The summed E-state index contributed by atoms with van der Waals surface area (Å²) in [5.74, 6) is 1.91. The quantitative estimate of drug-likeness (QED) is 0.120. The Balaban J connectivity index is 0.602. The normalized spacial score (nSPS) is 12.1. The monoisotopic (exact) mass is 1400 g/mol. The van der Waals surface area contributed by atoms with Crippen LogP contribution in [0, 0.1) is 0 Å². The Labute approximate surface area is 632 Å². The van der Waals surface area contributed by atoms with Crippen molar-refractivity contribution in [2.24, 2.45) is 0 Å². The third-order valence-electron chi connectivity index (χ3n) is 23.0. The van der Waals surface area contributed by atoms with Crippen LogP contribution in [0.15, 0.2) is 346 Å². The number of aryl methyl sites for hydroxylation is 1. The van der Waals surface area contributed by atoms with Crippen LogP contribution in [0.4, 0.5) is 0 Å². The van der Waals surface area contributed by atoms with Gasteiger partial charge in [-0.2, -0.15) is 0 Å². The van der Waals surface area contributed by atoms with E-state index >= 15 is 0 Å². The van der Waals surface area contributed by atoms with E-state index in [0.717, 1.165) is 162 Å². The van der Waals surface area contributed by atoms with Crippen molar-refractivity contribution >= 4 is 109 Å². The Morgan fingerprint density at radius 3 is 1.30 bits per heavy atom. The van der Waals surface area contributed by atoms with E-state index in [2.05, 4.69) is 350 Å². The van der Waals surface area contributed by atoms with E-state index in [0.29, 0.717) is 0 Å². The molecule has 510 valence electrons. The summed E-state index contributed by atoms with van der Waals surface area (Å²) in [6.45, 7) is 2.17. The van der Waals surface area contributed by atoms with Gasteiger partial charge in [0.05, 0.1) is 66.9 Å². The third-order valence-corrected chi connectivity index (χ3v) is 23.0. The van der Waals surface area contributed by atoms with E-state index < -0.39 is 0 Å². The minimum atomic E-state index is 0.796. The van der Waals surface area contributed by atoms with Crippen LogP contribution in [0.5, 0.6) is 0 Å². The van der Waals surface area contributed by atoms with Gasteiger partial charge in [0.1, 0.15) is 11.6 Å². The van der Waals surface area contributed by atoms with E-state index in [9.17, 15) is 0 Å². The van der Waals surface area contributed by atoms with Crippen LogP contribution in [-0.4, -0.2) is 39.0 Å². The largest absolute Gasteiger partial charge is 0.296 e. The van der Waals surface area contributed by atoms with E-state index in [1.54, 1.807) is 0 Å². The fourth-order valence-electron chi connectivity index (χ4n) is 17.7. The lowest BCUT2D eigenvalue weighted by Gasteiger charge is -2.18. The molecule has 0 unspecified atom stereocenters. The van der Waals surface area contributed by atoms with Gasteiger partial charge in [-0.05, 0) is 184 Å². The molecule has 0 aliphatic heterocycles. The Morgan fingerprint density at radius 1 is 0.227 bits per heavy atom. The number of imidazole rings is 2. The molecule has 0 spiro atoms. The zero-order chi connectivity index (χ0) is 72.2. The summed E-state index contributed by atoms with van der Waals surface area (Å²) in [6.07, 6.45) is 0.796. The van der Waals surface area contributed by atoms with Crippen molar-refractivity contribution in [1.82, 2.24) is 39.0 Å². The highest BCUT2D eigenvalue weighted by Crippen LogP contribution is 2.51. The van der Waals surface area contributed by atoms with Crippen molar-refractivity contribution in [2.75, 3.05) is 0 Å². The van der Waals surface area contributed by atoms with Gasteiger partial charge in [-0.1, -0.05) is 268 Å². The van der Waals surface area contributed by atoms with Gasteiger partial charge < -0.3 is 0 Å². The van der Waals surface area contributed by atoms with E-state index in [-0.39, 0.29) is 0 Å². The first-order chi connectivity index (χ1) is 54.4. The van der Waals surface area contributed by atoms with Crippen molar-refractivity contribution in [2.45, 2.75) is 13.3 Å². The maximum Gasteiger partial charge on any atom is 0.145 e. The van der Waals surface area contributed by atoms with Gasteiger partial charge in [0, 0.05) is 67.2 Å². The molecule has 0 bridgehead atoms. The number of nitrogens with zero attached hydrogens (tertiary/aromatic N) is 8. The van der Waals surface area contributed by atoms with Crippen LogP contribution in [0.25, 0.3) is 232 Å². The van der Waals surface area contributed by atoms with E-state index in [1.165, 1.54) is 82.0 Å². The third kappa shape index (κ3) is 9.59. The number of pyridine rings is 4. The fraction of sp³-hybridized carbons (Fsp3) is 0.0196. The van der Waals surface area contributed by atoms with Crippen molar-refractivity contribution in [1.29, 1.82) is 0 Å². The van der Waals surface area contributed by atoms with Gasteiger partial charge >= 0.3 is 0 Å². The Morgan fingerprint density at radius 2 is 0.655 bits per heavy atom. The maximum atomic E-state index is 5.74. The van der Waals surface area contributed by atoms with Crippen LogP contribution < -0.4 is 0 Å². The Hall–Kier alpha value is -14.6. The van der Waals surface area contributed by atoms with Crippen LogP contribution in [0.3, 0.4) is 0 Å². The molecule has 16 aromatic carbocycles. The molecule has 6 heterocycles. The van der Waals surface area contributed by atoms with Gasteiger partial charge in [-0.25, -0.2) is 29.9 Å². The number of para-hydroxylation sites is 5. The average Bonchev–Trinajstić information content (AvgIpc) is 1.38. The summed E-state index contributed by atoms with van der Waals surface area (Å²) < 4.78 is 4.52. The molecule has 6 aromatic heterocycles. The molecule has 0 saturated heterocycles. The molecule has 23 rings (SSSR count). The molecule has 0 N–H and O–H groups in total. The zero-order valence-corrected chi connectivity index (χ0v) is 59.7. The van der Waals surface area contributed by atoms with Gasteiger partial charge in [-0.15, -0.1) is 0 Å². The second-order valence-corrected chi connectivity index (χ2v) is 29.1. The summed E-state index contributed by atoms with van der Waals surface area (Å²) in [5.41, 5.74) is 30.5. The molecule has 0 saturated carbocycles. The van der Waals surface area contributed by atoms with Gasteiger partial charge in [0.2, 0.25) is 0 Å². The van der Waals surface area contributed by atoms with Crippen LogP contribution in [0.2, 0.25) is 0 Å². The summed E-state index contributed by atoms with van der Waals surface area (Å²) in [6, 6.07) is 125. The van der Waals surface area contributed by atoms with Crippen molar-refractivity contribution in [3.63, 3.8) is 0 Å². The number of hydrogen-bond donors (Lipinski definition) is 0. The molecule has 0 amide bonds. The summed E-state index contributed by atoms with van der Waals surface area (Å²) in [5, 5.41) is 14.0. The maximum absolute atomic E-state index is 5.74. The van der Waals surface area contributed by atoms with E-state index in [4.69, 9.17) is 29.9 Å². The van der Waals surface area contributed by atoms with Crippen molar-refractivity contribution in [3.05, 3.63) is 352 Å². The van der Waals surface area contributed by atoms with Gasteiger partial charge in [-0.3, -0.25) is 9.13 Å². The molecule has 22 aromatic rings. The number of benzene rings is 16. The molecule has 0 atom stereocenters. The minimum Gasteiger partial charge on any atom is -0.296 e. The first-order valence-electron chi connectivity index (χ1n) is 37.7. The summed E-state index contributed by atoms with van der Waals surface area (Å²) in [7, 11) is 0. The highest BCUT2D eigenvalue weighted by molar-refractivity contribution is 6.29. The number of fused-ring (bicyclic) bond motifs is 11. The second-order valence-electron chi connectivity index (χ2n) is 29.1. The SMILES string of the molecule is CCc1nc2ccccc2n1-c1cccc(-c2ccc3c(-c4ccc5ccc6c(-c7ccc(-c8ccc9ccc%10ccc(-c%11ccc(-c%12nc%13ccccc%13n%12-c%12ccccc%12)cc%11)nc%10c9n8)cc7)ccc7ccc4c5c76)cc4ccc(-c5ccc(-c6ccc7c8c(cccc68)-c6ccccc6-7)cc5)nc4c3n2)c1. The highest BCUT2D eigenvalue weighted by Gasteiger charge is 2.25. The molecule has 0 fully saturated rings. The lowest BCUT2D eigenvalue weighted by atomic mass is 9.86. The molecule has 0 radical (unpaired) electrons. The number of rotatable bonds is 11. The first kappa shape index (κ1) is 61.7. The first-order valence-corrected chi connectivity index (χ1v) is 37.7. The van der Waals surface area contributed by atoms with Crippen LogP contribution >= 0.6 is 0 Å². The smallest absolute Gasteiger partial charge is 0.145 e. The molecule has 8 nitrogen and oxygen atoms in total. The molecular weight excluding hydrogens is 1340 g/mol. The van der Waals surface area contributed by atoms with Gasteiger partial charge in [0.25, 0.3) is 0 Å². The minimum absolute atomic E-state index is 0.796. The summed E-state index contributed by atoms with van der Waals surface area (Å²) in [4.78, 5) is 32.3. The lowest BCUT2D eigenvalue weighted by molar-refractivity contribution is 0.908. The Bertz CT molecular complexity index is 7570. The van der Waals surface area contributed by atoms with E-state index in [1.807, 2.05) is 12.1 Å². The predicted molar refractivity (Wildman–Crippen MR) is 455 cm³/mol. The van der Waals surface area contributed by atoms with Crippen molar-refractivity contribution in [3.8, 4) is 123 Å². The number of aromatic nitrogens is 8. The van der Waals surface area contributed by atoms with Crippen molar-refractivity contribution < 1.29 is 0 Å². The molecule has 1 aliphatic carbocycles. The Kier molecular flexibility index (Phi) is 13.6. The second kappa shape index (κ2) is 24.2. The topological polar surface area (TPSA) is 87.2 Å². The summed E-state index contributed by atoms with van der Waals surface area (Å²) >= 11 is 0. The zero-order valence-electron chi connectivity index (χ0n) is 59.7. The molecule has 110 heavy (non-hydrogen) atoms. The fourth-order valence-corrected chi connectivity index (χ4v) is 17.7. The van der Waals surface area contributed by atoms with Crippen LogP contribution in [-0.2, 0) is 6.42 Å². The number of hydrogen-bond acceptors (Lipinski definition) is 6. The van der Waals surface area contributed by atoms with Crippen LogP contribution in [0.1, 0.15) is 12.7 Å². The standard InChI is InChI=1S/C102H62N8/c1-2-94-103-90-22-8-10-24-92(90)109(94)73-17-12-14-70(58-73)89-57-53-84-85(59-71-46-56-88(106-100(71)101(84)107-89)63-32-28-61(29-33-63)75-51-52-83-77-19-7-6-18-76(77)80-21-13-20-79(75)97(80)83)78-48-41-66-42-49-81-74(47-40-65-43-50-82(78)96(66)95(65)81)60-26-30-62(31-27-60)86-54-44-67-36-37-68-45-55-87(105-99(68)98(67)104-86)64-34-38-69(39-35-64)102-108-91-23-9-11-25-93(91)110(102)72-15-4-3-5-16-72/h3-59H,2H2,1H3. The molecule has 8 heteroatoms. The molecular formula is C102H62N8. The highest BCUT2D eigenvalue weighted by atomic mass is 15.1. The van der Waals surface area contributed by atoms with Gasteiger partial charge in [0.15, 0.2) is 0 Å². The average molecular weight is 1400 g/mol.